The first-order valence-electron chi connectivity index (χ1n) is 9.82. The van der Waals surface area contributed by atoms with Crippen molar-refractivity contribution < 1.29 is 4.79 Å². The van der Waals surface area contributed by atoms with E-state index in [4.69, 9.17) is 4.98 Å². The molecule has 0 saturated carbocycles. The largest absolute Gasteiger partial charge is 0.326 e. The van der Waals surface area contributed by atoms with Crippen molar-refractivity contribution in [1.82, 2.24) is 14.8 Å². The molecule has 144 valence electrons. The molecule has 0 unspecified atom stereocenters. The predicted molar refractivity (Wildman–Crippen MR) is 110 cm³/mol. The minimum atomic E-state index is -0.189. The summed E-state index contributed by atoms with van der Waals surface area (Å²) in [5, 5.41) is 7.66. The van der Waals surface area contributed by atoms with Crippen LogP contribution in [0.5, 0.6) is 0 Å². The van der Waals surface area contributed by atoms with Gasteiger partial charge in [0, 0.05) is 24.3 Å². The molecule has 1 aliphatic rings. The van der Waals surface area contributed by atoms with E-state index in [0.717, 1.165) is 48.6 Å². The highest BCUT2D eigenvalue weighted by Crippen LogP contribution is 2.23. The number of hydrogen-bond donors (Lipinski definition) is 1. The van der Waals surface area contributed by atoms with E-state index >= 15 is 0 Å². The lowest BCUT2D eigenvalue weighted by Crippen LogP contribution is -2.35. The normalized spacial score (nSPS) is 13.5. The van der Waals surface area contributed by atoms with Crippen molar-refractivity contribution in [1.29, 1.82) is 0 Å². The Morgan fingerprint density at radius 2 is 1.86 bits per heavy atom. The van der Waals surface area contributed by atoms with Crippen LogP contribution in [0.2, 0.25) is 0 Å². The second kappa shape index (κ2) is 8.25. The third-order valence-corrected chi connectivity index (χ3v) is 5.04. The first kappa shape index (κ1) is 18.2. The molecule has 0 atom stereocenters. The van der Waals surface area contributed by atoms with Crippen molar-refractivity contribution >= 4 is 17.4 Å². The van der Waals surface area contributed by atoms with Crippen LogP contribution >= 0.6 is 0 Å². The van der Waals surface area contributed by atoms with Crippen LogP contribution in [0.15, 0.2) is 54.6 Å². The molecule has 2 amide bonds. The van der Waals surface area contributed by atoms with Gasteiger partial charge in [-0.15, -0.1) is 0 Å². The number of para-hydroxylation sites is 2. The van der Waals surface area contributed by atoms with E-state index in [1.54, 1.807) is 4.90 Å². The number of hydrogen-bond acceptors (Lipinski definition) is 3. The molecule has 4 rings (SSSR count). The molecule has 0 bridgehead atoms. The number of carbonyl (C=O) groups excluding carboxylic acids is 1. The van der Waals surface area contributed by atoms with Crippen LogP contribution in [0.4, 0.5) is 16.2 Å². The van der Waals surface area contributed by atoms with Crippen LogP contribution in [0.25, 0.3) is 0 Å². The summed E-state index contributed by atoms with van der Waals surface area (Å²) in [5.74, 6) is 1.71. The maximum absolute atomic E-state index is 13.1. The zero-order chi connectivity index (χ0) is 19.3. The molecule has 0 aliphatic carbocycles. The molecule has 3 aromatic rings. The van der Waals surface area contributed by atoms with Crippen LogP contribution in [0, 0.1) is 6.92 Å². The first-order valence-corrected chi connectivity index (χ1v) is 9.82. The van der Waals surface area contributed by atoms with E-state index in [-0.39, 0.29) is 6.03 Å². The van der Waals surface area contributed by atoms with Crippen molar-refractivity contribution in [2.75, 3.05) is 10.2 Å². The number of fused-ring (bicyclic) bond motifs is 1. The second-order valence-electron chi connectivity index (χ2n) is 7.15. The lowest BCUT2D eigenvalue weighted by Gasteiger charge is -2.23. The summed E-state index contributed by atoms with van der Waals surface area (Å²) in [4.78, 5) is 19.6. The molecule has 2 heterocycles. The van der Waals surface area contributed by atoms with Crippen molar-refractivity contribution in [3.63, 3.8) is 0 Å². The fourth-order valence-electron chi connectivity index (χ4n) is 3.57. The molecule has 1 N–H and O–H groups in total. The topological polar surface area (TPSA) is 63.1 Å². The summed E-state index contributed by atoms with van der Waals surface area (Å²) < 4.78 is 2.01. The molecule has 28 heavy (non-hydrogen) atoms. The van der Waals surface area contributed by atoms with E-state index in [9.17, 15) is 4.79 Å². The van der Waals surface area contributed by atoms with E-state index in [1.807, 2.05) is 66.2 Å². The Morgan fingerprint density at radius 3 is 2.68 bits per heavy atom. The molecule has 6 heteroatoms. The van der Waals surface area contributed by atoms with Gasteiger partial charge < -0.3 is 5.32 Å². The van der Waals surface area contributed by atoms with Crippen LogP contribution in [-0.4, -0.2) is 20.8 Å². The maximum Gasteiger partial charge on any atom is 0.326 e. The lowest BCUT2D eigenvalue weighted by molar-refractivity contribution is 0.256. The fraction of sp³-hybridized carbons (Fsp3) is 0.318. The Kier molecular flexibility index (Phi) is 5.37. The van der Waals surface area contributed by atoms with Gasteiger partial charge in [-0.05, 0) is 43.5 Å². The van der Waals surface area contributed by atoms with Crippen LogP contribution in [-0.2, 0) is 19.5 Å². The van der Waals surface area contributed by atoms with Crippen molar-refractivity contribution in [2.24, 2.45) is 0 Å². The van der Waals surface area contributed by atoms with Crippen LogP contribution in [0.3, 0.4) is 0 Å². The Bertz CT molecular complexity index is 927. The molecule has 6 nitrogen and oxygen atoms in total. The number of amides is 2. The van der Waals surface area contributed by atoms with Crippen LogP contribution in [0.1, 0.15) is 36.5 Å². The lowest BCUT2D eigenvalue weighted by atomic mass is 10.2. The number of urea groups is 1. The van der Waals surface area contributed by atoms with Crippen LogP contribution < -0.4 is 10.2 Å². The number of rotatable bonds is 4. The summed E-state index contributed by atoms with van der Waals surface area (Å²) in [6.07, 6.45) is 4.45. The molecular formula is C22H25N5O. The smallest absolute Gasteiger partial charge is 0.308 e. The second-order valence-corrected chi connectivity index (χ2v) is 7.15. The minimum Gasteiger partial charge on any atom is -0.308 e. The van der Waals surface area contributed by atoms with E-state index in [1.165, 1.54) is 6.42 Å². The predicted octanol–water partition coefficient (Wildman–Crippen LogP) is 4.55. The molecule has 2 aromatic carbocycles. The molecule has 0 saturated heterocycles. The van der Waals surface area contributed by atoms with Gasteiger partial charge in [0.15, 0.2) is 5.82 Å². The van der Waals surface area contributed by atoms with E-state index in [0.29, 0.717) is 12.4 Å². The molecular weight excluding hydrogens is 350 g/mol. The van der Waals surface area contributed by atoms with Gasteiger partial charge in [-0.2, -0.15) is 5.10 Å². The van der Waals surface area contributed by atoms with Gasteiger partial charge in [-0.1, -0.05) is 42.8 Å². The number of aromatic nitrogens is 3. The van der Waals surface area contributed by atoms with Gasteiger partial charge in [0.05, 0.1) is 6.54 Å². The quantitative estimate of drug-likeness (QED) is 0.727. The average molecular weight is 375 g/mol. The summed E-state index contributed by atoms with van der Waals surface area (Å²) in [5.41, 5.74) is 2.66. The summed E-state index contributed by atoms with van der Waals surface area (Å²) >= 11 is 0. The summed E-state index contributed by atoms with van der Waals surface area (Å²) in [6.45, 7) is 3.25. The van der Waals surface area contributed by atoms with E-state index < -0.39 is 0 Å². The standard InChI is InChI=1S/C22H25N5O/c1-17-10-7-8-13-19(17)26(22(28)23-18-11-4-2-5-12-18)16-20-24-21-14-6-3-9-15-27(21)25-20/h2,4-5,7-8,10-13H,3,6,9,14-16H2,1H3,(H,23,28). The number of aryl methyl sites for hydroxylation is 3. The number of nitrogens with one attached hydrogen (secondary N) is 1. The Balaban J connectivity index is 1.62. The van der Waals surface area contributed by atoms with Gasteiger partial charge >= 0.3 is 6.03 Å². The van der Waals surface area contributed by atoms with E-state index in [2.05, 4.69) is 10.4 Å². The number of benzene rings is 2. The van der Waals surface area contributed by atoms with Gasteiger partial charge in [0.25, 0.3) is 0 Å². The molecule has 0 fully saturated rings. The van der Waals surface area contributed by atoms with Gasteiger partial charge in [-0.3, -0.25) is 4.90 Å². The summed E-state index contributed by atoms with van der Waals surface area (Å²) in [6, 6.07) is 17.2. The Labute approximate surface area is 165 Å². The number of anilines is 2. The summed E-state index contributed by atoms with van der Waals surface area (Å²) in [7, 11) is 0. The SMILES string of the molecule is Cc1ccccc1N(Cc1nc2n(n1)CCCCC2)C(=O)Nc1ccccc1. The number of carbonyl (C=O) groups is 1. The minimum absolute atomic E-state index is 0.189. The molecule has 0 spiro atoms. The molecule has 1 aromatic heterocycles. The molecule has 1 aliphatic heterocycles. The zero-order valence-electron chi connectivity index (χ0n) is 16.1. The average Bonchev–Trinajstić information content (AvgIpc) is 2.96. The third-order valence-electron chi connectivity index (χ3n) is 5.04. The zero-order valence-corrected chi connectivity index (χ0v) is 16.1. The number of nitrogens with zero attached hydrogens (tertiary/aromatic N) is 4. The van der Waals surface area contributed by atoms with Gasteiger partial charge in [0.2, 0.25) is 0 Å². The highest BCUT2D eigenvalue weighted by atomic mass is 16.2. The van der Waals surface area contributed by atoms with Gasteiger partial charge in [-0.25, -0.2) is 14.5 Å². The maximum atomic E-state index is 13.1. The van der Waals surface area contributed by atoms with Crippen molar-refractivity contribution in [3.05, 3.63) is 71.8 Å². The monoisotopic (exact) mass is 375 g/mol. The van der Waals surface area contributed by atoms with Crippen molar-refractivity contribution in [3.8, 4) is 0 Å². The van der Waals surface area contributed by atoms with Crippen molar-refractivity contribution in [2.45, 2.75) is 45.7 Å². The first-order chi connectivity index (χ1) is 13.7. The Hall–Kier alpha value is -3.15. The highest BCUT2D eigenvalue weighted by molar-refractivity contribution is 6.02. The fourth-order valence-corrected chi connectivity index (χ4v) is 3.57. The molecule has 0 radical (unpaired) electrons. The third kappa shape index (κ3) is 4.06. The van der Waals surface area contributed by atoms with Gasteiger partial charge in [0.1, 0.15) is 5.82 Å². The Morgan fingerprint density at radius 1 is 1.07 bits per heavy atom. The highest BCUT2D eigenvalue weighted by Gasteiger charge is 2.21.